The van der Waals surface area contributed by atoms with Gasteiger partial charge in [-0.2, -0.15) is 4.98 Å². The van der Waals surface area contributed by atoms with E-state index in [1.54, 1.807) is 13.3 Å². The van der Waals surface area contributed by atoms with Crippen molar-refractivity contribution < 1.29 is 14.6 Å². The topological polar surface area (TPSA) is 95.9 Å². The number of pyridine rings is 1. The minimum atomic E-state index is 0.0912. The zero-order valence-corrected chi connectivity index (χ0v) is 15.3. The van der Waals surface area contributed by atoms with E-state index in [9.17, 15) is 5.11 Å². The van der Waals surface area contributed by atoms with Gasteiger partial charge in [0, 0.05) is 32.0 Å². The van der Waals surface area contributed by atoms with Crippen molar-refractivity contribution in [1.82, 2.24) is 15.0 Å². The van der Waals surface area contributed by atoms with Crippen LogP contribution >= 0.6 is 0 Å². The first-order valence-electron chi connectivity index (χ1n) is 9.13. The molecule has 0 radical (unpaired) electrons. The molecule has 0 unspecified atom stereocenters. The second-order valence-corrected chi connectivity index (χ2v) is 6.53. The van der Waals surface area contributed by atoms with Crippen LogP contribution in [0.25, 0.3) is 0 Å². The van der Waals surface area contributed by atoms with Crippen LogP contribution in [0.4, 0.5) is 23.1 Å². The number of nitrogens with one attached hydrogen (secondary N) is 1. The molecule has 2 N–H and O–H groups in total. The number of aliphatic hydroxyl groups excluding tert-OH is 1. The molecular formula is C18H24N6O3. The zero-order chi connectivity index (χ0) is 18.6. The zero-order valence-electron chi connectivity index (χ0n) is 15.3. The molecule has 0 aromatic carbocycles. The standard InChI is InChI=1S/C18H24N6O3/c1-26-17-14(3-2-6-19-17)21-18-20-11-15-16(22-18)24(12-23(15)7-8-25)13-4-9-27-10-5-13/h2-3,6,11,13,25H,4-5,7-10,12H2,1H3,(H,20,21,22). The number of nitrogens with zero attached hydrogens (tertiary/aromatic N) is 5. The Labute approximate surface area is 158 Å². The third-order valence-electron chi connectivity index (χ3n) is 4.90. The summed E-state index contributed by atoms with van der Waals surface area (Å²) in [6.45, 7) is 2.88. The number of aromatic nitrogens is 3. The molecule has 27 heavy (non-hydrogen) atoms. The molecule has 9 nitrogen and oxygen atoms in total. The highest BCUT2D eigenvalue weighted by Gasteiger charge is 2.33. The molecule has 9 heteroatoms. The Balaban J connectivity index is 1.63. The summed E-state index contributed by atoms with van der Waals surface area (Å²) in [7, 11) is 1.58. The van der Waals surface area contributed by atoms with E-state index >= 15 is 0 Å². The molecule has 0 bridgehead atoms. The molecule has 4 rings (SSSR count). The van der Waals surface area contributed by atoms with Gasteiger partial charge < -0.3 is 29.7 Å². The van der Waals surface area contributed by atoms with Gasteiger partial charge in [-0.05, 0) is 25.0 Å². The van der Waals surface area contributed by atoms with Gasteiger partial charge in [0.05, 0.1) is 26.6 Å². The number of fused-ring (bicyclic) bond motifs is 1. The van der Waals surface area contributed by atoms with Crippen LogP contribution in [0, 0.1) is 0 Å². The highest BCUT2D eigenvalue weighted by molar-refractivity contribution is 5.74. The molecule has 2 aliphatic rings. The molecule has 2 aromatic rings. The van der Waals surface area contributed by atoms with Crippen molar-refractivity contribution >= 4 is 23.1 Å². The fourth-order valence-corrected chi connectivity index (χ4v) is 3.55. The van der Waals surface area contributed by atoms with Gasteiger partial charge in [0.2, 0.25) is 11.8 Å². The fraction of sp³-hybridized carbons (Fsp3) is 0.500. The highest BCUT2D eigenvalue weighted by atomic mass is 16.5. The predicted octanol–water partition coefficient (Wildman–Crippen LogP) is 1.38. The van der Waals surface area contributed by atoms with E-state index in [2.05, 4.69) is 25.1 Å². The van der Waals surface area contributed by atoms with Crippen molar-refractivity contribution in [2.45, 2.75) is 18.9 Å². The SMILES string of the molecule is COc1ncccc1Nc1ncc2c(n1)N(C1CCOCC1)CN2CCO. The van der Waals surface area contributed by atoms with Crippen molar-refractivity contribution in [2.75, 3.05) is 55.3 Å². The van der Waals surface area contributed by atoms with Crippen molar-refractivity contribution in [3.8, 4) is 5.88 Å². The van der Waals surface area contributed by atoms with Crippen LogP contribution in [0.1, 0.15) is 12.8 Å². The summed E-state index contributed by atoms with van der Waals surface area (Å²) in [6, 6.07) is 4.07. The Hall–Kier alpha value is -2.65. The molecule has 0 aliphatic carbocycles. The number of β-amino-alcohol motifs (C(OH)–C–C–N with tert-alkyl or cyclic N) is 1. The van der Waals surface area contributed by atoms with E-state index in [0.717, 1.165) is 37.6 Å². The number of ether oxygens (including phenoxy) is 2. The lowest BCUT2D eigenvalue weighted by molar-refractivity contribution is 0.0846. The lowest BCUT2D eigenvalue weighted by Crippen LogP contribution is -2.42. The Morgan fingerprint density at radius 3 is 2.96 bits per heavy atom. The van der Waals surface area contributed by atoms with E-state index in [1.165, 1.54) is 0 Å². The molecule has 4 heterocycles. The molecule has 0 amide bonds. The second-order valence-electron chi connectivity index (χ2n) is 6.53. The molecule has 144 valence electrons. The Morgan fingerprint density at radius 1 is 1.33 bits per heavy atom. The van der Waals surface area contributed by atoms with Gasteiger partial charge in [-0.15, -0.1) is 0 Å². The average molecular weight is 372 g/mol. The third kappa shape index (κ3) is 3.60. The average Bonchev–Trinajstić information content (AvgIpc) is 3.07. The molecular weight excluding hydrogens is 348 g/mol. The first-order valence-corrected chi connectivity index (χ1v) is 9.13. The third-order valence-corrected chi connectivity index (χ3v) is 4.90. The van der Waals surface area contributed by atoms with Crippen LogP contribution in [0.15, 0.2) is 24.5 Å². The molecule has 0 spiro atoms. The smallest absolute Gasteiger partial charge is 0.237 e. The number of rotatable bonds is 6. The van der Waals surface area contributed by atoms with Gasteiger partial charge >= 0.3 is 0 Å². The normalized spacial score (nSPS) is 17.1. The van der Waals surface area contributed by atoms with Gasteiger partial charge in [-0.3, -0.25) is 0 Å². The number of hydrogen-bond donors (Lipinski definition) is 2. The summed E-state index contributed by atoms with van der Waals surface area (Å²) < 4.78 is 10.8. The summed E-state index contributed by atoms with van der Waals surface area (Å²) >= 11 is 0. The minimum Gasteiger partial charge on any atom is -0.480 e. The van der Waals surface area contributed by atoms with Crippen molar-refractivity contribution in [2.24, 2.45) is 0 Å². The van der Waals surface area contributed by atoms with Crippen molar-refractivity contribution in [3.63, 3.8) is 0 Å². The molecule has 1 saturated heterocycles. The monoisotopic (exact) mass is 372 g/mol. The van der Waals surface area contributed by atoms with Crippen LogP contribution < -0.4 is 19.9 Å². The fourth-order valence-electron chi connectivity index (χ4n) is 3.55. The first kappa shape index (κ1) is 17.7. The molecule has 2 aromatic heterocycles. The van der Waals surface area contributed by atoms with Gasteiger partial charge in [0.15, 0.2) is 5.82 Å². The quantitative estimate of drug-likeness (QED) is 0.779. The number of hydrogen-bond acceptors (Lipinski definition) is 9. The summed E-state index contributed by atoms with van der Waals surface area (Å²) in [4.78, 5) is 17.8. The summed E-state index contributed by atoms with van der Waals surface area (Å²) in [6.07, 6.45) is 5.42. The molecule has 1 fully saturated rings. The molecule has 0 atom stereocenters. The summed E-state index contributed by atoms with van der Waals surface area (Å²) in [5.41, 5.74) is 1.65. The summed E-state index contributed by atoms with van der Waals surface area (Å²) in [5, 5.41) is 12.6. The van der Waals surface area contributed by atoms with Crippen LogP contribution in [0.2, 0.25) is 0 Å². The number of aliphatic hydroxyl groups is 1. The van der Waals surface area contributed by atoms with Crippen LogP contribution in [-0.4, -0.2) is 66.2 Å². The first-order chi connectivity index (χ1) is 13.3. The van der Waals surface area contributed by atoms with E-state index in [0.29, 0.717) is 36.8 Å². The minimum absolute atomic E-state index is 0.0912. The predicted molar refractivity (Wildman–Crippen MR) is 102 cm³/mol. The van der Waals surface area contributed by atoms with Crippen LogP contribution in [-0.2, 0) is 4.74 Å². The lowest BCUT2D eigenvalue weighted by Gasteiger charge is -2.32. The molecule has 2 aliphatic heterocycles. The lowest BCUT2D eigenvalue weighted by atomic mass is 10.1. The highest BCUT2D eigenvalue weighted by Crippen LogP contribution is 2.37. The Morgan fingerprint density at radius 2 is 2.19 bits per heavy atom. The van der Waals surface area contributed by atoms with Crippen molar-refractivity contribution in [3.05, 3.63) is 24.5 Å². The maximum absolute atomic E-state index is 9.40. The van der Waals surface area contributed by atoms with E-state index in [4.69, 9.17) is 14.5 Å². The van der Waals surface area contributed by atoms with E-state index in [1.807, 2.05) is 18.3 Å². The van der Waals surface area contributed by atoms with Gasteiger partial charge in [0.25, 0.3) is 0 Å². The van der Waals surface area contributed by atoms with E-state index in [-0.39, 0.29) is 6.61 Å². The van der Waals surface area contributed by atoms with Crippen LogP contribution in [0.5, 0.6) is 5.88 Å². The number of anilines is 4. The second kappa shape index (κ2) is 7.93. The maximum atomic E-state index is 9.40. The van der Waals surface area contributed by atoms with Crippen LogP contribution in [0.3, 0.4) is 0 Å². The van der Waals surface area contributed by atoms with Gasteiger partial charge in [0.1, 0.15) is 11.4 Å². The Bertz CT molecular complexity index is 783. The largest absolute Gasteiger partial charge is 0.480 e. The van der Waals surface area contributed by atoms with Gasteiger partial charge in [-0.1, -0.05) is 0 Å². The number of methoxy groups -OCH3 is 1. The van der Waals surface area contributed by atoms with E-state index < -0.39 is 0 Å². The Kier molecular flexibility index (Phi) is 5.21. The van der Waals surface area contributed by atoms with Gasteiger partial charge in [-0.25, -0.2) is 9.97 Å². The summed E-state index contributed by atoms with van der Waals surface area (Å²) in [5.74, 6) is 1.86. The molecule has 0 saturated carbocycles. The maximum Gasteiger partial charge on any atom is 0.237 e. The van der Waals surface area contributed by atoms with Crippen molar-refractivity contribution in [1.29, 1.82) is 0 Å².